The molecule has 8 heteroatoms. The van der Waals surface area contributed by atoms with Gasteiger partial charge in [0.2, 0.25) is 0 Å². The number of anilines is 1. The molecule has 120 valence electrons. The quantitative estimate of drug-likeness (QED) is 0.633. The third-order valence-electron chi connectivity index (χ3n) is 3.48. The Bertz CT molecular complexity index is 805. The number of aliphatic hydroxyl groups is 1. The Kier molecular flexibility index (Phi) is 4.24. The number of rotatable bonds is 6. The lowest BCUT2D eigenvalue weighted by atomic mass is 10.1. The lowest BCUT2D eigenvalue weighted by Crippen LogP contribution is -2.14. The zero-order chi connectivity index (χ0) is 16.2. The molecule has 2 heterocycles. The van der Waals surface area contributed by atoms with Crippen LogP contribution in [0.5, 0.6) is 11.5 Å². The first-order valence-corrected chi connectivity index (χ1v) is 7.01. The minimum atomic E-state index is -0.798. The van der Waals surface area contributed by atoms with Crippen LogP contribution in [0.15, 0.2) is 30.9 Å². The van der Waals surface area contributed by atoms with Crippen molar-refractivity contribution in [3.63, 3.8) is 0 Å². The van der Waals surface area contributed by atoms with Crippen molar-refractivity contribution in [1.82, 2.24) is 19.9 Å². The molecule has 0 radical (unpaired) electrons. The summed E-state index contributed by atoms with van der Waals surface area (Å²) in [6.45, 7) is 0.245. The van der Waals surface area contributed by atoms with E-state index in [0.29, 0.717) is 34.0 Å². The van der Waals surface area contributed by atoms with E-state index in [1.54, 1.807) is 38.7 Å². The topological polar surface area (TPSA) is 105 Å². The van der Waals surface area contributed by atoms with Gasteiger partial charge in [0.1, 0.15) is 23.3 Å². The van der Waals surface area contributed by atoms with Gasteiger partial charge < -0.3 is 24.9 Å². The van der Waals surface area contributed by atoms with Gasteiger partial charge in [-0.1, -0.05) is 0 Å². The molecule has 3 aromatic rings. The number of methoxy groups -OCH3 is 2. The van der Waals surface area contributed by atoms with Gasteiger partial charge in [0.15, 0.2) is 11.5 Å². The van der Waals surface area contributed by atoms with Gasteiger partial charge in [-0.3, -0.25) is 0 Å². The average Bonchev–Trinajstić information content (AvgIpc) is 3.08. The van der Waals surface area contributed by atoms with Crippen molar-refractivity contribution in [2.45, 2.75) is 6.10 Å². The van der Waals surface area contributed by atoms with Gasteiger partial charge in [0.25, 0.3) is 0 Å². The summed E-state index contributed by atoms with van der Waals surface area (Å²) in [6, 6.07) is 5.28. The number of aromatic nitrogens is 4. The van der Waals surface area contributed by atoms with E-state index < -0.39 is 6.10 Å². The summed E-state index contributed by atoms with van der Waals surface area (Å²) >= 11 is 0. The molecule has 0 aliphatic heterocycles. The number of ether oxygens (including phenoxy) is 2. The van der Waals surface area contributed by atoms with Gasteiger partial charge in [-0.15, -0.1) is 0 Å². The minimum Gasteiger partial charge on any atom is -0.497 e. The van der Waals surface area contributed by atoms with E-state index >= 15 is 0 Å². The number of fused-ring (bicyclic) bond motifs is 1. The summed E-state index contributed by atoms with van der Waals surface area (Å²) in [6.07, 6.45) is 2.17. The zero-order valence-corrected chi connectivity index (χ0v) is 12.8. The Balaban J connectivity index is 1.79. The van der Waals surface area contributed by atoms with E-state index in [9.17, 15) is 5.11 Å². The first-order valence-electron chi connectivity index (χ1n) is 7.01. The SMILES string of the molecule is COc1ccc(OC)c([C@H](O)CNc2ncnc3nc[nH]c23)c1. The summed E-state index contributed by atoms with van der Waals surface area (Å²) in [4.78, 5) is 15.2. The smallest absolute Gasteiger partial charge is 0.182 e. The second-order valence-corrected chi connectivity index (χ2v) is 4.83. The fraction of sp³-hybridized carbons (Fsp3) is 0.267. The Hall–Kier alpha value is -2.87. The highest BCUT2D eigenvalue weighted by atomic mass is 16.5. The number of H-pyrrole nitrogens is 1. The average molecular weight is 315 g/mol. The van der Waals surface area contributed by atoms with E-state index in [-0.39, 0.29) is 6.54 Å². The maximum atomic E-state index is 10.5. The Labute approximate surface area is 132 Å². The molecule has 1 aromatic carbocycles. The summed E-state index contributed by atoms with van der Waals surface area (Å²) in [7, 11) is 3.14. The highest BCUT2D eigenvalue weighted by Gasteiger charge is 2.15. The van der Waals surface area contributed by atoms with Crippen molar-refractivity contribution < 1.29 is 14.6 Å². The first-order chi connectivity index (χ1) is 11.2. The number of imidazole rings is 1. The lowest BCUT2D eigenvalue weighted by molar-refractivity contribution is 0.186. The molecule has 0 fully saturated rings. The Morgan fingerprint density at radius 2 is 2.09 bits per heavy atom. The van der Waals surface area contributed by atoms with Gasteiger partial charge in [-0.25, -0.2) is 15.0 Å². The predicted octanol–water partition coefficient (Wildman–Crippen LogP) is 1.52. The fourth-order valence-corrected chi connectivity index (χ4v) is 2.30. The van der Waals surface area contributed by atoms with Crippen molar-refractivity contribution in [3.05, 3.63) is 36.4 Å². The molecule has 3 rings (SSSR count). The first kappa shape index (κ1) is 15.0. The van der Waals surface area contributed by atoms with Crippen molar-refractivity contribution in [2.75, 3.05) is 26.1 Å². The molecule has 1 atom stereocenters. The lowest BCUT2D eigenvalue weighted by Gasteiger charge is -2.17. The third-order valence-corrected chi connectivity index (χ3v) is 3.48. The molecule has 0 unspecified atom stereocenters. The standard InChI is InChI=1S/C15H17N5O3/c1-22-9-3-4-12(23-2)10(5-9)11(21)6-16-14-13-15(18-7-17-13)20-8-19-14/h3-5,7-8,11,21H,6H2,1-2H3,(H2,16,17,18,19,20)/t11-/m1/s1. The predicted molar refractivity (Wildman–Crippen MR) is 84.7 cm³/mol. The molecule has 2 aromatic heterocycles. The van der Waals surface area contributed by atoms with Gasteiger partial charge in [-0.2, -0.15) is 0 Å². The van der Waals surface area contributed by atoms with E-state index in [2.05, 4.69) is 25.3 Å². The van der Waals surface area contributed by atoms with Crippen LogP contribution in [-0.2, 0) is 0 Å². The van der Waals surface area contributed by atoms with Crippen LogP contribution < -0.4 is 14.8 Å². The summed E-state index contributed by atoms with van der Waals surface area (Å²) in [5.74, 6) is 1.82. The van der Waals surface area contributed by atoms with Crippen molar-refractivity contribution in [1.29, 1.82) is 0 Å². The van der Waals surface area contributed by atoms with E-state index in [4.69, 9.17) is 9.47 Å². The number of hydrogen-bond donors (Lipinski definition) is 3. The van der Waals surface area contributed by atoms with Crippen LogP contribution in [0, 0.1) is 0 Å². The second-order valence-electron chi connectivity index (χ2n) is 4.83. The second kappa shape index (κ2) is 6.49. The van der Waals surface area contributed by atoms with Gasteiger partial charge in [-0.05, 0) is 18.2 Å². The molecule has 0 bridgehead atoms. The molecule has 23 heavy (non-hydrogen) atoms. The van der Waals surface area contributed by atoms with Crippen LogP contribution in [0.1, 0.15) is 11.7 Å². The molecule has 0 saturated carbocycles. The number of aromatic amines is 1. The Morgan fingerprint density at radius 1 is 1.22 bits per heavy atom. The number of nitrogens with zero attached hydrogens (tertiary/aromatic N) is 3. The monoisotopic (exact) mass is 315 g/mol. The maximum absolute atomic E-state index is 10.5. The highest BCUT2D eigenvalue weighted by molar-refractivity contribution is 5.81. The van der Waals surface area contributed by atoms with Crippen LogP contribution >= 0.6 is 0 Å². The minimum absolute atomic E-state index is 0.245. The highest BCUT2D eigenvalue weighted by Crippen LogP contribution is 2.29. The number of benzene rings is 1. The normalized spacial score (nSPS) is 12.1. The van der Waals surface area contributed by atoms with Crippen LogP contribution in [-0.4, -0.2) is 45.8 Å². The third kappa shape index (κ3) is 3.02. The van der Waals surface area contributed by atoms with E-state index in [1.807, 2.05) is 0 Å². The zero-order valence-electron chi connectivity index (χ0n) is 12.8. The van der Waals surface area contributed by atoms with Crippen LogP contribution in [0.4, 0.5) is 5.82 Å². The number of hydrogen-bond acceptors (Lipinski definition) is 7. The fourth-order valence-electron chi connectivity index (χ4n) is 2.30. The molecule has 0 spiro atoms. The van der Waals surface area contributed by atoms with Crippen molar-refractivity contribution in [3.8, 4) is 11.5 Å². The molecule has 0 saturated heterocycles. The molecule has 0 aliphatic rings. The van der Waals surface area contributed by atoms with Gasteiger partial charge in [0.05, 0.1) is 26.7 Å². The van der Waals surface area contributed by atoms with Gasteiger partial charge >= 0.3 is 0 Å². The van der Waals surface area contributed by atoms with Crippen LogP contribution in [0.25, 0.3) is 11.2 Å². The molecule has 0 amide bonds. The number of nitrogens with one attached hydrogen (secondary N) is 2. The Morgan fingerprint density at radius 3 is 2.87 bits per heavy atom. The van der Waals surface area contributed by atoms with Crippen LogP contribution in [0.2, 0.25) is 0 Å². The molecular weight excluding hydrogens is 298 g/mol. The van der Waals surface area contributed by atoms with Gasteiger partial charge in [0, 0.05) is 12.1 Å². The largest absolute Gasteiger partial charge is 0.497 e. The maximum Gasteiger partial charge on any atom is 0.182 e. The van der Waals surface area contributed by atoms with Crippen molar-refractivity contribution >= 4 is 17.0 Å². The summed E-state index contributed by atoms with van der Waals surface area (Å²) in [5.41, 5.74) is 1.89. The van der Waals surface area contributed by atoms with Crippen LogP contribution in [0.3, 0.4) is 0 Å². The summed E-state index contributed by atoms with van der Waals surface area (Å²) < 4.78 is 10.5. The molecule has 3 N–H and O–H groups in total. The number of aliphatic hydroxyl groups excluding tert-OH is 1. The van der Waals surface area contributed by atoms with Crippen molar-refractivity contribution in [2.24, 2.45) is 0 Å². The van der Waals surface area contributed by atoms with E-state index in [1.165, 1.54) is 6.33 Å². The summed E-state index contributed by atoms with van der Waals surface area (Å²) in [5, 5.41) is 13.6. The van der Waals surface area contributed by atoms with E-state index in [0.717, 1.165) is 0 Å². The molecule has 8 nitrogen and oxygen atoms in total. The molecule has 0 aliphatic carbocycles. The molecular formula is C15H17N5O3.